The number of likely N-dealkylation sites (tertiary alicyclic amines) is 1. The van der Waals surface area contributed by atoms with Gasteiger partial charge in [-0.2, -0.15) is 0 Å². The zero-order chi connectivity index (χ0) is 27.2. The smallest absolute Gasteiger partial charge is 0.325 e. The Bertz CT molecular complexity index is 1310. The molecule has 10 nitrogen and oxygen atoms in total. The molecule has 2 aromatic carbocycles. The number of carboxylic acids is 1. The topological polar surface area (TPSA) is 158 Å². The maximum Gasteiger partial charge on any atom is 0.325 e. The monoisotopic (exact) mass is 519 g/mol. The van der Waals surface area contributed by atoms with E-state index in [9.17, 15) is 19.2 Å². The van der Waals surface area contributed by atoms with Crippen LogP contribution in [0.15, 0.2) is 60.8 Å². The molecule has 0 aliphatic carbocycles. The molecule has 10 heteroatoms. The number of aliphatic carboxylic acids is 1. The van der Waals surface area contributed by atoms with E-state index in [0.29, 0.717) is 19.4 Å². The van der Waals surface area contributed by atoms with E-state index in [1.54, 1.807) is 0 Å². The van der Waals surface area contributed by atoms with Crippen LogP contribution in [0.1, 0.15) is 30.9 Å². The molecule has 38 heavy (non-hydrogen) atoms. The third-order valence-electron chi connectivity index (χ3n) is 6.92. The first-order valence-electron chi connectivity index (χ1n) is 12.7. The van der Waals surface area contributed by atoms with Crippen molar-refractivity contribution in [3.05, 3.63) is 71.9 Å². The predicted molar refractivity (Wildman–Crippen MR) is 142 cm³/mol. The van der Waals surface area contributed by atoms with Crippen LogP contribution < -0.4 is 16.4 Å². The van der Waals surface area contributed by atoms with Gasteiger partial charge in [-0.25, -0.2) is 0 Å². The molecule has 0 saturated carbocycles. The number of aromatic nitrogens is 1. The maximum atomic E-state index is 13.7. The summed E-state index contributed by atoms with van der Waals surface area (Å²) in [7, 11) is 0. The molecule has 200 valence electrons. The van der Waals surface area contributed by atoms with Gasteiger partial charge < -0.3 is 31.4 Å². The van der Waals surface area contributed by atoms with Gasteiger partial charge in [-0.05, 0) is 43.4 Å². The number of amides is 3. The van der Waals surface area contributed by atoms with Gasteiger partial charge in [-0.1, -0.05) is 48.5 Å². The lowest BCUT2D eigenvalue weighted by molar-refractivity contribution is -0.144. The molecule has 3 aromatic rings. The van der Waals surface area contributed by atoms with Crippen LogP contribution in [0.4, 0.5) is 0 Å². The number of carboxylic acid groups (broad SMARTS) is 1. The van der Waals surface area contributed by atoms with Crippen LogP contribution in [0.2, 0.25) is 0 Å². The van der Waals surface area contributed by atoms with E-state index in [1.165, 1.54) is 11.8 Å². The molecular weight excluding hydrogens is 486 g/mol. The second-order valence-electron chi connectivity index (χ2n) is 9.68. The molecule has 4 atom stereocenters. The number of carbonyl (C=O) groups is 4. The van der Waals surface area contributed by atoms with Crippen molar-refractivity contribution >= 4 is 34.6 Å². The highest BCUT2D eigenvalue weighted by atomic mass is 16.4. The molecule has 4 unspecified atom stereocenters. The molecule has 3 amide bonds. The number of nitrogens with zero attached hydrogens (tertiary/aromatic N) is 1. The maximum absolute atomic E-state index is 13.7. The minimum Gasteiger partial charge on any atom is -0.480 e. The Labute approximate surface area is 220 Å². The molecule has 0 spiro atoms. The molecular formula is C28H33N5O5. The van der Waals surface area contributed by atoms with Crippen molar-refractivity contribution in [3.8, 4) is 0 Å². The van der Waals surface area contributed by atoms with Gasteiger partial charge in [-0.3, -0.25) is 19.2 Å². The van der Waals surface area contributed by atoms with E-state index in [2.05, 4.69) is 15.6 Å². The summed E-state index contributed by atoms with van der Waals surface area (Å²) in [5.74, 6) is -2.55. The zero-order valence-corrected chi connectivity index (χ0v) is 21.2. The van der Waals surface area contributed by atoms with Crippen molar-refractivity contribution < 1.29 is 24.3 Å². The fourth-order valence-electron chi connectivity index (χ4n) is 4.83. The predicted octanol–water partition coefficient (Wildman–Crippen LogP) is 1.35. The Morgan fingerprint density at radius 2 is 1.76 bits per heavy atom. The molecule has 1 aromatic heterocycles. The van der Waals surface area contributed by atoms with Crippen LogP contribution in [0, 0.1) is 0 Å². The number of rotatable bonds is 10. The summed E-state index contributed by atoms with van der Waals surface area (Å²) in [6.07, 6.45) is 3.34. The number of hydrogen-bond donors (Lipinski definition) is 5. The van der Waals surface area contributed by atoms with Crippen LogP contribution in [0.5, 0.6) is 0 Å². The van der Waals surface area contributed by atoms with E-state index < -0.39 is 47.9 Å². The van der Waals surface area contributed by atoms with Gasteiger partial charge >= 0.3 is 5.97 Å². The number of fused-ring (bicyclic) bond motifs is 1. The van der Waals surface area contributed by atoms with Crippen molar-refractivity contribution in [2.75, 3.05) is 6.54 Å². The highest BCUT2D eigenvalue weighted by Crippen LogP contribution is 2.21. The van der Waals surface area contributed by atoms with E-state index in [0.717, 1.165) is 22.0 Å². The molecule has 0 radical (unpaired) electrons. The first-order chi connectivity index (χ1) is 18.2. The second kappa shape index (κ2) is 11.9. The van der Waals surface area contributed by atoms with Gasteiger partial charge in [0, 0.05) is 30.1 Å². The molecule has 1 aliphatic rings. The molecule has 1 saturated heterocycles. The summed E-state index contributed by atoms with van der Waals surface area (Å²) < 4.78 is 0. The normalized spacial score (nSPS) is 17.5. The number of carbonyl (C=O) groups excluding carboxylic acids is 3. The van der Waals surface area contributed by atoms with Crippen molar-refractivity contribution in [1.82, 2.24) is 20.5 Å². The minimum absolute atomic E-state index is 0.224. The Hall–Kier alpha value is -4.18. The van der Waals surface area contributed by atoms with Crippen LogP contribution >= 0.6 is 0 Å². The Balaban J connectivity index is 1.50. The minimum atomic E-state index is -1.16. The number of H-pyrrole nitrogens is 1. The van der Waals surface area contributed by atoms with Gasteiger partial charge in [0.15, 0.2) is 0 Å². The lowest BCUT2D eigenvalue weighted by Crippen LogP contribution is -2.57. The first-order valence-corrected chi connectivity index (χ1v) is 12.7. The Kier molecular flexibility index (Phi) is 8.42. The van der Waals surface area contributed by atoms with Crippen LogP contribution in [-0.2, 0) is 32.0 Å². The highest BCUT2D eigenvalue weighted by molar-refractivity contribution is 5.95. The second-order valence-corrected chi connectivity index (χ2v) is 9.68. The van der Waals surface area contributed by atoms with Gasteiger partial charge in [0.2, 0.25) is 17.7 Å². The van der Waals surface area contributed by atoms with Crippen LogP contribution in [-0.4, -0.2) is 69.4 Å². The molecule has 1 aliphatic heterocycles. The molecule has 2 heterocycles. The van der Waals surface area contributed by atoms with Crippen molar-refractivity contribution in [2.45, 2.75) is 56.8 Å². The van der Waals surface area contributed by atoms with E-state index in [4.69, 9.17) is 10.8 Å². The van der Waals surface area contributed by atoms with Gasteiger partial charge in [0.25, 0.3) is 0 Å². The average Bonchev–Trinajstić information content (AvgIpc) is 3.56. The van der Waals surface area contributed by atoms with Gasteiger partial charge in [0.1, 0.15) is 18.1 Å². The number of para-hydroxylation sites is 1. The van der Waals surface area contributed by atoms with E-state index in [-0.39, 0.29) is 12.8 Å². The van der Waals surface area contributed by atoms with Crippen LogP contribution in [0.3, 0.4) is 0 Å². The van der Waals surface area contributed by atoms with Crippen molar-refractivity contribution in [1.29, 1.82) is 0 Å². The third-order valence-corrected chi connectivity index (χ3v) is 6.92. The fraction of sp³-hybridized carbons (Fsp3) is 0.357. The third kappa shape index (κ3) is 6.20. The van der Waals surface area contributed by atoms with Crippen LogP contribution in [0.25, 0.3) is 10.9 Å². The number of nitrogens with two attached hydrogens (primary N) is 1. The highest BCUT2D eigenvalue weighted by Gasteiger charge is 2.38. The quantitative estimate of drug-likeness (QED) is 0.272. The van der Waals surface area contributed by atoms with Crippen molar-refractivity contribution in [3.63, 3.8) is 0 Å². The van der Waals surface area contributed by atoms with E-state index >= 15 is 0 Å². The summed E-state index contributed by atoms with van der Waals surface area (Å²) in [5, 5.41) is 15.4. The summed E-state index contributed by atoms with van der Waals surface area (Å²) in [6.45, 7) is 1.70. The fourth-order valence-corrected chi connectivity index (χ4v) is 4.83. The standard InChI is InChI=1S/C28H33N5O5/c1-17(28(37)38)31-26(35)24-12-7-13-33(24)27(36)23(14-18-8-3-2-4-9-18)32-25(34)21(29)15-19-16-30-22-11-6-5-10-20(19)22/h2-6,8-11,16-17,21,23-24,30H,7,12-15,29H2,1H3,(H,31,35)(H,32,34)(H,37,38). The molecule has 1 fully saturated rings. The largest absolute Gasteiger partial charge is 0.480 e. The number of nitrogens with one attached hydrogen (secondary N) is 3. The van der Waals surface area contributed by atoms with E-state index in [1.807, 2.05) is 60.8 Å². The molecule has 6 N–H and O–H groups in total. The first kappa shape index (κ1) is 26.9. The average molecular weight is 520 g/mol. The lowest BCUT2D eigenvalue weighted by atomic mass is 10.0. The lowest BCUT2D eigenvalue weighted by Gasteiger charge is -2.30. The SMILES string of the molecule is CC(NC(=O)C1CCCN1C(=O)C(Cc1ccccc1)NC(=O)C(N)Cc1c[nH]c2ccccc12)C(=O)O. The number of aromatic amines is 1. The van der Waals surface area contributed by atoms with Gasteiger partial charge in [-0.15, -0.1) is 0 Å². The Morgan fingerprint density at radius 3 is 2.50 bits per heavy atom. The summed E-state index contributed by atoms with van der Waals surface area (Å²) in [6, 6.07) is 13.3. The zero-order valence-electron chi connectivity index (χ0n) is 21.2. The molecule has 0 bridgehead atoms. The number of benzene rings is 2. The summed E-state index contributed by atoms with van der Waals surface area (Å²) in [5.41, 5.74) is 8.97. The van der Waals surface area contributed by atoms with Crippen molar-refractivity contribution in [2.24, 2.45) is 5.73 Å². The Morgan fingerprint density at radius 1 is 1.05 bits per heavy atom. The van der Waals surface area contributed by atoms with Gasteiger partial charge in [0.05, 0.1) is 6.04 Å². The summed E-state index contributed by atoms with van der Waals surface area (Å²) >= 11 is 0. The number of hydrogen-bond acceptors (Lipinski definition) is 5. The molecule has 4 rings (SSSR count). The summed E-state index contributed by atoms with van der Waals surface area (Å²) in [4.78, 5) is 55.5.